The Morgan fingerprint density at radius 1 is 1.43 bits per heavy atom. The molecule has 23 heavy (non-hydrogen) atoms. The highest BCUT2D eigenvalue weighted by Crippen LogP contribution is 2.25. The number of anilines is 1. The van der Waals surface area contributed by atoms with E-state index in [4.69, 9.17) is 4.74 Å². The van der Waals surface area contributed by atoms with Crippen molar-refractivity contribution < 1.29 is 13.9 Å². The number of hydrogen-bond donors (Lipinski definition) is 1. The van der Waals surface area contributed by atoms with Gasteiger partial charge in [0.05, 0.1) is 0 Å². The number of alkyl halides is 1. The third-order valence-corrected chi connectivity index (χ3v) is 3.98. The van der Waals surface area contributed by atoms with Gasteiger partial charge < -0.3 is 19.9 Å². The van der Waals surface area contributed by atoms with Crippen molar-refractivity contribution in [1.82, 2.24) is 15.2 Å². The second kappa shape index (κ2) is 8.10. The van der Waals surface area contributed by atoms with Crippen LogP contribution in [-0.4, -0.2) is 68.8 Å². The van der Waals surface area contributed by atoms with E-state index in [1.54, 1.807) is 11.0 Å². The molecule has 0 atom stereocenters. The van der Waals surface area contributed by atoms with Gasteiger partial charge in [-0.05, 0) is 6.07 Å². The van der Waals surface area contributed by atoms with E-state index in [2.05, 4.69) is 10.3 Å². The molecule has 6 nitrogen and oxygen atoms in total. The number of likely N-dealkylation sites (tertiary alicyclic amines) is 1. The lowest BCUT2D eigenvalue weighted by atomic mass is 9.93. The molecule has 0 radical (unpaired) electrons. The lowest BCUT2D eigenvalue weighted by Crippen LogP contribution is -2.47. The number of carbonyl (C=O) groups excluding carboxylic acids is 1. The zero-order valence-electron chi connectivity index (χ0n) is 13.8. The first-order valence-corrected chi connectivity index (χ1v) is 7.89. The Labute approximate surface area is 136 Å². The van der Waals surface area contributed by atoms with Crippen LogP contribution < -0.4 is 15.0 Å². The quantitative estimate of drug-likeness (QED) is 0.573. The first-order chi connectivity index (χ1) is 11.0. The number of rotatable bonds is 8. The molecule has 1 N–H and O–H groups in total. The number of piperidine rings is 1. The maximum absolute atomic E-state index is 14.5. The maximum atomic E-state index is 14.5. The number of nitrogens with zero attached hydrogens (tertiary/aromatic N) is 3. The topological polar surface area (TPSA) is 57.7 Å². The Balaban J connectivity index is 1.66. The van der Waals surface area contributed by atoms with E-state index in [0.717, 1.165) is 12.2 Å². The predicted molar refractivity (Wildman–Crippen MR) is 87.6 cm³/mol. The van der Waals surface area contributed by atoms with Crippen LogP contribution in [0.5, 0.6) is 5.88 Å². The number of halogens is 1. The van der Waals surface area contributed by atoms with Gasteiger partial charge in [0, 0.05) is 59.2 Å². The minimum Gasteiger partial charge on any atom is -0.476 e. The standard InChI is InChI=1S/C16H25FN4O2/c1-20(2)14-4-3-5-15(19-14)23-11-8-18-12-16(17)6-9-21(13-22)10-7-16/h3-5,13,18H,6-12H2,1-2H3. The molecule has 7 heteroatoms. The van der Waals surface area contributed by atoms with Gasteiger partial charge in [-0.15, -0.1) is 0 Å². The molecule has 1 aliphatic rings. The lowest BCUT2D eigenvalue weighted by Gasteiger charge is -2.34. The monoisotopic (exact) mass is 324 g/mol. The van der Waals surface area contributed by atoms with Gasteiger partial charge >= 0.3 is 0 Å². The molecule has 2 heterocycles. The summed E-state index contributed by atoms with van der Waals surface area (Å²) in [5, 5.41) is 3.09. The first-order valence-electron chi connectivity index (χ1n) is 7.89. The molecule has 1 fully saturated rings. The predicted octanol–water partition coefficient (Wildman–Crippen LogP) is 1.08. The Morgan fingerprint density at radius 3 is 2.83 bits per heavy atom. The van der Waals surface area contributed by atoms with Gasteiger partial charge in [0.2, 0.25) is 12.3 Å². The number of ether oxygens (including phenoxy) is 1. The molecule has 1 aliphatic heterocycles. The molecular formula is C16H25FN4O2. The van der Waals surface area contributed by atoms with Crippen LogP contribution >= 0.6 is 0 Å². The molecular weight excluding hydrogens is 299 g/mol. The largest absolute Gasteiger partial charge is 0.476 e. The Kier molecular flexibility index (Phi) is 6.15. The van der Waals surface area contributed by atoms with E-state index in [9.17, 15) is 9.18 Å². The summed E-state index contributed by atoms with van der Waals surface area (Å²) >= 11 is 0. The smallest absolute Gasteiger partial charge is 0.215 e. The fraction of sp³-hybridized carbons (Fsp3) is 0.625. The average molecular weight is 324 g/mol. The maximum Gasteiger partial charge on any atom is 0.215 e. The summed E-state index contributed by atoms with van der Waals surface area (Å²) in [5.41, 5.74) is -1.23. The Hall–Kier alpha value is -1.89. The van der Waals surface area contributed by atoms with Gasteiger partial charge in [-0.3, -0.25) is 4.79 Å². The Bertz CT molecular complexity index is 505. The van der Waals surface area contributed by atoms with Crippen LogP contribution in [-0.2, 0) is 4.79 Å². The molecule has 1 amide bonds. The average Bonchev–Trinajstić information content (AvgIpc) is 2.55. The zero-order chi connectivity index (χ0) is 16.7. The summed E-state index contributed by atoms with van der Waals surface area (Å²) in [6, 6.07) is 5.60. The molecule has 0 spiro atoms. The van der Waals surface area contributed by atoms with Crippen molar-refractivity contribution in [1.29, 1.82) is 0 Å². The van der Waals surface area contributed by atoms with Crippen LogP contribution in [0.15, 0.2) is 18.2 Å². The van der Waals surface area contributed by atoms with Crippen LogP contribution in [0.4, 0.5) is 10.2 Å². The van der Waals surface area contributed by atoms with Gasteiger partial charge in [-0.25, -0.2) is 4.39 Å². The molecule has 0 bridgehead atoms. The highest BCUT2D eigenvalue weighted by Gasteiger charge is 2.33. The third kappa shape index (κ3) is 5.35. The van der Waals surface area contributed by atoms with Crippen molar-refractivity contribution in [3.63, 3.8) is 0 Å². The molecule has 1 saturated heterocycles. The molecule has 1 aromatic rings. The summed E-state index contributed by atoms with van der Waals surface area (Å²) < 4.78 is 20.1. The van der Waals surface area contributed by atoms with E-state index in [1.807, 2.05) is 31.1 Å². The lowest BCUT2D eigenvalue weighted by molar-refractivity contribution is -0.120. The second-order valence-electron chi connectivity index (χ2n) is 6.05. The highest BCUT2D eigenvalue weighted by atomic mass is 19.1. The molecule has 0 saturated carbocycles. The number of amides is 1. The summed E-state index contributed by atoms with van der Waals surface area (Å²) in [4.78, 5) is 18.5. The fourth-order valence-electron chi connectivity index (χ4n) is 2.48. The van der Waals surface area contributed by atoms with Crippen molar-refractivity contribution in [2.24, 2.45) is 0 Å². The van der Waals surface area contributed by atoms with E-state index >= 15 is 0 Å². The summed E-state index contributed by atoms with van der Waals surface area (Å²) in [7, 11) is 3.84. The van der Waals surface area contributed by atoms with Crippen LogP contribution in [0.3, 0.4) is 0 Å². The van der Waals surface area contributed by atoms with E-state index in [0.29, 0.717) is 45.0 Å². The molecule has 0 aromatic carbocycles. The first kappa shape index (κ1) is 17.5. The molecule has 1 aromatic heterocycles. The summed E-state index contributed by atoms with van der Waals surface area (Å²) in [5.74, 6) is 1.40. The van der Waals surface area contributed by atoms with Crippen LogP contribution in [0.1, 0.15) is 12.8 Å². The number of pyridine rings is 1. The summed E-state index contributed by atoms with van der Waals surface area (Å²) in [6.07, 6.45) is 1.55. The van der Waals surface area contributed by atoms with Crippen LogP contribution in [0.2, 0.25) is 0 Å². The van der Waals surface area contributed by atoms with Crippen molar-refractivity contribution >= 4 is 12.2 Å². The van der Waals surface area contributed by atoms with Gasteiger partial charge in [-0.1, -0.05) is 6.07 Å². The number of aromatic nitrogens is 1. The SMILES string of the molecule is CN(C)c1cccc(OCCNCC2(F)CCN(C=O)CC2)n1. The minimum atomic E-state index is -1.23. The zero-order valence-corrected chi connectivity index (χ0v) is 13.8. The van der Waals surface area contributed by atoms with Gasteiger partial charge in [-0.2, -0.15) is 4.98 Å². The normalized spacial score (nSPS) is 16.9. The van der Waals surface area contributed by atoms with Crippen molar-refractivity contribution in [3.05, 3.63) is 18.2 Å². The molecule has 2 rings (SSSR count). The molecule has 0 unspecified atom stereocenters. The number of hydrogen-bond acceptors (Lipinski definition) is 5. The minimum absolute atomic E-state index is 0.286. The van der Waals surface area contributed by atoms with Crippen LogP contribution in [0.25, 0.3) is 0 Å². The van der Waals surface area contributed by atoms with Gasteiger partial charge in [0.1, 0.15) is 18.1 Å². The van der Waals surface area contributed by atoms with E-state index < -0.39 is 5.67 Å². The molecule has 0 aliphatic carbocycles. The number of nitrogens with one attached hydrogen (secondary N) is 1. The number of carbonyl (C=O) groups is 1. The highest BCUT2D eigenvalue weighted by molar-refractivity contribution is 5.47. The third-order valence-electron chi connectivity index (χ3n) is 3.98. The van der Waals surface area contributed by atoms with Gasteiger partial charge in [0.25, 0.3) is 0 Å². The van der Waals surface area contributed by atoms with Crippen LogP contribution in [0, 0.1) is 0 Å². The fourth-order valence-corrected chi connectivity index (χ4v) is 2.48. The second-order valence-corrected chi connectivity index (χ2v) is 6.05. The van der Waals surface area contributed by atoms with Crippen molar-refractivity contribution in [2.75, 3.05) is 51.8 Å². The Morgan fingerprint density at radius 2 is 2.17 bits per heavy atom. The van der Waals surface area contributed by atoms with Crippen molar-refractivity contribution in [3.8, 4) is 5.88 Å². The van der Waals surface area contributed by atoms with E-state index in [-0.39, 0.29) is 6.54 Å². The van der Waals surface area contributed by atoms with Gasteiger partial charge in [0.15, 0.2) is 0 Å². The van der Waals surface area contributed by atoms with E-state index in [1.165, 1.54) is 0 Å². The van der Waals surface area contributed by atoms with Crippen molar-refractivity contribution in [2.45, 2.75) is 18.5 Å². The molecule has 128 valence electrons. The summed E-state index contributed by atoms with van der Waals surface area (Å²) in [6.45, 7) is 2.24.